The van der Waals surface area contributed by atoms with E-state index in [2.05, 4.69) is 15.3 Å². The lowest BCUT2D eigenvalue weighted by Crippen LogP contribution is -2.20. The number of aromatic nitrogens is 2. The fourth-order valence-corrected chi connectivity index (χ4v) is 2.62. The highest BCUT2D eigenvalue weighted by Gasteiger charge is 2.06. The van der Waals surface area contributed by atoms with Gasteiger partial charge in [-0.15, -0.1) is 0 Å². The predicted octanol–water partition coefficient (Wildman–Crippen LogP) is 4.44. The molecule has 1 amide bonds. The van der Waals surface area contributed by atoms with Gasteiger partial charge in [0.25, 0.3) is 5.91 Å². The molecule has 2 aromatic heterocycles. The molecule has 2 aromatic carbocycles. The molecule has 0 spiro atoms. The van der Waals surface area contributed by atoms with E-state index in [-0.39, 0.29) is 12.5 Å². The molecule has 0 saturated carbocycles. The Balaban J connectivity index is 1.31. The molecule has 6 nitrogen and oxygen atoms in total. The molecule has 138 valence electrons. The number of para-hydroxylation sites is 1. The molecule has 0 fully saturated rings. The van der Waals surface area contributed by atoms with Crippen LogP contribution in [0.3, 0.4) is 0 Å². The molecular weight excluding hydrogens is 354 g/mol. The summed E-state index contributed by atoms with van der Waals surface area (Å²) in [5, 5.41) is 3.75. The van der Waals surface area contributed by atoms with Crippen molar-refractivity contribution in [2.75, 3.05) is 11.9 Å². The monoisotopic (exact) mass is 371 g/mol. The molecule has 0 atom stereocenters. The average molecular weight is 371 g/mol. The van der Waals surface area contributed by atoms with Crippen molar-refractivity contribution in [2.45, 2.75) is 0 Å². The Morgan fingerprint density at radius 3 is 2.50 bits per heavy atom. The Kier molecular flexibility index (Phi) is 5.11. The topological polar surface area (TPSA) is 73.3 Å². The maximum absolute atomic E-state index is 12.1. The van der Waals surface area contributed by atoms with E-state index >= 15 is 0 Å². The van der Waals surface area contributed by atoms with Crippen LogP contribution in [-0.4, -0.2) is 22.5 Å². The van der Waals surface area contributed by atoms with Crippen LogP contribution < -0.4 is 14.8 Å². The summed E-state index contributed by atoms with van der Waals surface area (Å²) < 4.78 is 11.1. The molecular formula is C22H17N3O3. The van der Waals surface area contributed by atoms with Crippen LogP contribution in [0.25, 0.3) is 10.9 Å². The first kappa shape index (κ1) is 17.5. The second kappa shape index (κ2) is 8.18. The van der Waals surface area contributed by atoms with Crippen LogP contribution in [-0.2, 0) is 4.79 Å². The van der Waals surface area contributed by atoms with E-state index in [9.17, 15) is 4.79 Å². The summed E-state index contributed by atoms with van der Waals surface area (Å²) in [6.45, 7) is -0.104. The molecule has 4 rings (SSSR count). The number of carbonyl (C=O) groups is 1. The second-order valence-corrected chi connectivity index (χ2v) is 5.99. The molecule has 0 aliphatic rings. The third kappa shape index (κ3) is 4.42. The first-order valence-electron chi connectivity index (χ1n) is 8.73. The smallest absolute Gasteiger partial charge is 0.262 e. The fourth-order valence-electron chi connectivity index (χ4n) is 2.62. The van der Waals surface area contributed by atoms with Crippen molar-refractivity contribution in [3.05, 3.63) is 85.2 Å². The van der Waals surface area contributed by atoms with Crippen molar-refractivity contribution in [2.24, 2.45) is 0 Å². The van der Waals surface area contributed by atoms with Crippen LogP contribution in [0.15, 0.2) is 85.2 Å². The zero-order chi connectivity index (χ0) is 19.2. The normalized spacial score (nSPS) is 10.4. The van der Waals surface area contributed by atoms with Gasteiger partial charge in [0, 0.05) is 17.6 Å². The number of rotatable bonds is 6. The second-order valence-electron chi connectivity index (χ2n) is 5.99. The molecule has 0 unspecified atom stereocenters. The first-order valence-corrected chi connectivity index (χ1v) is 8.73. The number of anilines is 1. The lowest BCUT2D eigenvalue weighted by molar-refractivity contribution is -0.118. The summed E-state index contributed by atoms with van der Waals surface area (Å²) in [5.41, 5.74) is 1.51. The molecule has 0 radical (unpaired) electrons. The maximum Gasteiger partial charge on any atom is 0.262 e. The van der Waals surface area contributed by atoms with Crippen molar-refractivity contribution < 1.29 is 14.3 Å². The third-order valence-electron chi connectivity index (χ3n) is 3.93. The lowest BCUT2D eigenvalue weighted by atomic mass is 10.2. The van der Waals surface area contributed by atoms with Crippen molar-refractivity contribution >= 4 is 22.5 Å². The van der Waals surface area contributed by atoms with Gasteiger partial charge in [0.2, 0.25) is 5.88 Å². The fraction of sp³-hybridized carbons (Fsp3) is 0.0455. The van der Waals surface area contributed by atoms with E-state index in [0.29, 0.717) is 23.1 Å². The standard InChI is InChI=1S/C22H17N3O3/c26-21(25-17-13-16-5-1-2-6-20(16)24-14-17)15-27-18-8-10-19(11-9-18)28-22-7-3-4-12-23-22/h1-14H,15H2,(H,25,26). The summed E-state index contributed by atoms with van der Waals surface area (Å²) >= 11 is 0. The van der Waals surface area contributed by atoms with Crippen LogP contribution >= 0.6 is 0 Å². The summed E-state index contributed by atoms with van der Waals surface area (Å²) in [6, 6.07) is 22.0. The summed E-state index contributed by atoms with van der Waals surface area (Å²) in [4.78, 5) is 20.6. The van der Waals surface area contributed by atoms with Crippen molar-refractivity contribution in [1.29, 1.82) is 0 Å². The van der Waals surface area contributed by atoms with Gasteiger partial charge in [0.05, 0.1) is 17.4 Å². The molecule has 0 aliphatic heterocycles. The molecule has 0 aliphatic carbocycles. The minimum absolute atomic E-state index is 0.104. The van der Waals surface area contributed by atoms with Gasteiger partial charge in [-0.2, -0.15) is 0 Å². The van der Waals surface area contributed by atoms with E-state index in [4.69, 9.17) is 9.47 Å². The van der Waals surface area contributed by atoms with Gasteiger partial charge in [-0.1, -0.05) is 24.3 Å². The minimum Gasteiger partial charge on any atom is -0.484 e. The number of ether oxygens (including phenoxy) is 2. The van der Waals surface area contributed by atoms with E-state index in [1.807, 2.05) is 42.5 Å². The van der Waals surface area contributed by atoms with Gasteiger partial charge in [0.1, 0.15) is 11.5 Å². The van der Waals surface area contributed by atoms with E-state index in [1.165, 1.54) is 0 Å². The Bertz CT molecular complexity index is 1080. The third-order valence-corrected chi connectivity index (χ3v) is 3.93. The quantitative estimate of drug-likeness (QED) is 0.542. The Morgan fingerprint density at radius 2 is 1.68 bits per heavy atom. The van der Waals surface area contributed by atoms with E-state index in [1.54, 1.807) is 42.7 Å². The number of amides is 1. The molecule has 1 N–H and O–H groups in total. The Hall–Kier alpha value is -3.93. The van der Waals surface area contributed by atoms with Gasteiger partial charge in [0.15, 0.2) is 6.61 Å². The highest BCUT2D eigenvalue weighted by atomic mass is 16.5. The van der Waals surface area contributed by atoms with Gasteiger partial charge in [-0.25, -0.2) is 4.98 Å². The molecule has 0 saturated heterocycles. The molecule has 4 aromatic rings. The van der Waals surface area contributed by atoms with Crippen LogP contribution in [0.1, 0.15) is 0 Å². The number of hydrogen-bond acceptors (Lipinski definition) is 5. The molecule has 2 heterocycles. The predicted molar refractivity (Wildman–Crippen MR) is 107 cm³/mol. The largest absolute Gasteiger partial charge is 0.484 e. The number of nitrogens with one attached hydrogen (secondary N) is 1. The van der Waals surface area contributed by atoms with Gasteiger partial charge >= 0.3 is 0 Å². The van der Waals surface area contributed by atoms with Gasteiger partial charge < -0.3 is 14.8 Å². The van der Waals surface area contributed by atoms with Crippen LogP contribution in [0.2, 0.25) is 0 Å². The summed E-state index contributed by atoms with van der Waals surface area (Å²) in [6.07, 6.45) is 3.29. The Labute approximate surface area is 161 Å². The van der Waals surface area contributed by atoms with Crippen molar-refractivity contribution in [3.63, 3.8) is 0 Å². The highest BCUT2D eigenvalue weighted by Crippen LogP contribution is 2.22. The number of fused-ring (bicyclic) bond motifs is 1. The van der Waals surface area contributed by atoms with Crippen LogP contribution in [0.5, 0.6) is 17.4 Å². The van der Waals surface area contributed by atoms with E-state index in [0.717, 1.165) is 10.9 Å². The summed E-state index contributed by atoms with van der Waals surface area (Å²) in [5.74, 6) is 1.46. The number of carbonyl (C=O) groups excluding carboxylic acids is 1. The zero-order valence-electron chi connectivity index (χ0n) is 14.9. The van der Waals surface area contributed by atoms with Crippen LogP contribution in [0.4, 0.5) is 5.69 Å². The minimum atomic E-state index is -0.258. The molecule has 6 heteroatoms. The first-order chi connectivity index (χ1) is 13.8. The highest BCUT2D eigenvalue weighted by molar-refractivity contribution is 5.93. The molecule has 0 bridgehead atoms. The van der Waals surface area contributed by atoms with Gasteiger partial charge in [-0.3, -0.25) is 9.78 Å². The maximum atomic E-state index is 12.1. The van der Waals surface area contributed by atoms with Gasteiger partial charge in [-0.05, 0) is 42.5 Å². The van der Waals surface area contributed by atoms with Crippen molar-refractivity contribution in [1.82, 2.24) is 9.97 Å². The Morgan fingerprint density at radius 1 is 0.893 bits per heavy atom. The van der Waals surface area contributed by atoms with Crippen LogP contribution in [0, 0.1) is 0 Å². The van der Waals surface area contributed by atoms with E-state index < -0.39 is 0 Å². The average Bonchev–Trinajstić information content (AvgIpc) is 2.74. The lowest BCUT2D eigenvalue weighted by Gasteiger charge is -2.09. The molecule has 28 heavy (non-hydrogen) atoms. The number of hydrogen-bond donors (Lipinski definition) is 1. The van der Waals surface area contributed by atoms with Crippen molar-refractivity contribution in [3.8, 4) is 17.4 Å². The zero-order valence-corrected chi connectivity index (χ0v) is 14.9. The SMILES string of the molecule is O=C(COc1ccc(Oc2ccccn2)cc1)Nc1cnc2ccccc2c1. The summed E-state index contributed by atoms with van der Waals surface area (Å²) in [7, 11) is 0. The number of pyridine rings is 2. The number of nitrogens with zero attached hydrogens (tertiary/aromatic N) is 2. The number of benzene rings is 2.